The van der Waals surface area contributed by atoms with Crippen LogP contribution in [-0.2, 0) is 4.74 Å². The lowest BCUT2D eigenvalue weighted by atomic mass is 10.0. The van der Waals surface area contributed by atoms with Crippen molar-refractivity contribution in [2.24, 2.45) is 0 Å². The molecule has 1 aromatic carbocycles. The number of carbonyl (C=O) groups excluding carboxylic acids is 2. The molecule has 4 heterocycles. The second-order valence-electron chi connectivity index (χ2n) is 10.7. The quantitative estimate of drug-likeness (QED) is 0.441. The van der Waals surface area contributed by atoms with Crippen LogP contribution in [0.1, 0.15) is 38.1 Å². The predicted molar refractivity (Wildman–Crippen MR) is 155 cm³/mol. The number of rotatable bonds is 6. The molecule has 0 radical (unpaired) electrons. The summed E-state index contributed by atoms with van der Waals surface area (Å²) in [7, 11) is 1.51. The van der Waals surface area contributed by atoms with Crippen LogP contribution in [0.4, 0.5) is 26.6 Å². The maximum Gasteiger partial charge on any atom is 0.324 e. The van der Waals surface area contributed by atoms with E-state index in [2.05, 4.69) is 15.6 Å². The van der Waals surface area contributed by atoms with Crippen molar-refractivity contribution in [3.05, 3.63) is 47.9 Å². The first-order valence-electron chi connectivity index (χ1n) is 13.7. The monoisotopic (exact) mass is 579 g/mol. The van der Waals surface area contributed by atoms with Gasteiger partial charge in [0.05, 0.1) is 50.5 Å². The van der Waals surface area contributed by atoms with Gasteiger partial charge in [-0.2, -0.15) is 4.98 Å². The van der Waals surface area contributed by atoms with Gasteiger partial charge in [0.25, 0.3) is 5.91 Å². The normalized spacial score (nSPS) is 18.0. The number of amides is 3. The van der Waals surface area contributed by atoms with E-state index in [0.29, 0.717) is 50.1 Å². The molecular formula is C29H34FN7O5. The lowest BCUT2D eigenvalue weighted by Gasteiger charge is -2.34. The number of anilines is 3. The lowest BCUT2D eigenvalue weighted by molar-refractivity contribution is 0.0541. The molecule has 222 valence electrons. The van der Waals surface area contributed by atoms with E-state index in [9.17, 15) is 9.59 Å². The van der Waals surface area contributed by atoms with E-state index < -0.39 is 17.4 Å². The number of ether oxygens (including phenoxy) is 3. The van der Waals surface area contributed by atoms with Crippen molar-refractivity contribution in [2.75, 3.05) is 55.5 Å². The molecule has 3 amide bonds. The third kappa shape index (κ3) is 6.05. The van der Waals surface area contributed by atoms with Crippen LogP contribution in [0.3, 0.4) is 0 Å². The molecule has 1 atom stereocenters. The zero-order chi connectivity index (χ0) is 30.0. The number of benzene rings is 1. The molecule has 12 nitrogen and oxygen atoms in total. The van der Waals surface area contributed by atoms with Gasteiger partial charge in [0.15, 0.2) is 0 Å². The smallest absolute Gasteiger partial charge is 0.324 e. The number of pyridine rings is 1. The summed E-state index contributed by atoms with van der Waals surface area (Å²) in [6.07, 6.45) is 1.45. The molecule has 0 aliphatic carbocycles. The number of nitrogens with one attached hydrogen (secondary N) is 2. The molecule has 0 spiro atoms. The van der Waals surface area contributed by atoms with E-state index in [0.717, 1.165) is 0 Å². The van der Waals surface area contributed by atoms with Crippen LogP contribution >= 0.6 is 0 Å². The number of hydrogen-bond acceptors (Lipinski definition) is 9. The molecule has 2 aromatic heterocycles. The highest BCUT2D eigenvalue weighted by Crippen LogP contribution is 2.37. The molecule has 3 aromatic rings. The molecule has 5 rings (SSSR count). The number of likely N-dealkylation sites (N-methyl/N-ethyl adjacent to an activating group) is 1. The molecule has 0 bridgehead atoms. The average Bonchev–Trinajstić information content (AvgIpc) is 3.06. The van der Waals surface area contributed by atoms with Gasteiger partial charge in [0.1, 0.15) is 28.5 Å². The fraction of sp³-hybridized carbons (Fsp3) is 0.414. The maximum absolute atomic E-state index is 15.5. The number of morpholine rings is 1. The number of aromatic nitrogens is 3. The molecule has 13 heteroatoms. The molecule has 2 N–H and O–H groups in total. The van der Waals surface area contributed by atoms with Gasteiger partial charge in [-0.15, -0.1) is 0 Å². The summed E-state index contributed by atoms with van der Waals surface area (Å²) < 4.78 is 32.4. The topological polar surface area (TPSA) is 131 Å². The first-order valence-corrected chi connectivity index (χ1v) is 13.7. The van der Waals surface area contributed by atoms with Gasteiger partial charge in [-0.3, -0.25) is 10.1 Å². The van der Waals surface area contributed by atoms with E-state index in [1.807, 2.05) is 32.6 Å². The van der Waals surface area contributed by atoms with Crippen LogP contribution in [0.2, 0.25) is 0 Å². The Morgan fingerprint density at radius 1 is 1.21 bits per heavy atom. The van der Waals surface area contributed by atoms with Gasteiger partial charge in [-0.05, 0) is 52.0 Å². The molecule has 1 fully saturated rings. The number of halogens is 1. The summed E-state index contributed by atoms with van der Waals surface area (Å²) in [6.45, 7) is 10.00. The standard InChI is InChI=1S/C29H34FN7O5/c1-6-36-16-29(3,4)42-25-23(26(36)38)24(34-27(35-25)37-11-12-41-15-17(37)2)18-7-9-21(20(30)13-18)32-28(39)33-22-10-8-19(40-5)14-31-22/h7-10,13-14,17H,6,11-12,15-16H2,1-5H3,(H2,31,32,33,39). The Kier molecular flexibility index (Phi) is 8.12. The van der Waals surface area contributed by atoms with Crippen molar-refractivity contribution < 1.29 is 28.2 Å². The van der Waals surface area contributed by atoms with Crippen LogP contribution in [-0.4, -0.2) is 83.4 Å². The van der Waals surface area contributed by atoms with Crippen LogP contribution in [0.25, 0.3) is 11.3 Å². The highest BCUT2D eigenvalue weighted by molar-refractivity contribution is 6.03. The zero-order valence-electron chi connectivity index (χ0n) is 24.2. The number of fused-ring (bicyclic) bond motifs is 1. The Labute approximate surface area is 243 Å². The fourth-order valence-electron chi connectivity index (χ4n) is 4.90. The van der Waals surface area contributed by atoms with E-state index in [1.54, 1.807) is 23.1 Å². The summed E-state index contributed by atoms with van der Waals surface area (Å²) >= 11 is 0. The maximum atomic E-state index is 15.5. The molecule has 0 saturated carbocycles. The minimum Gasteiger partial charge on any atom is -0.495 e. The van der Waals surface area contributed by atoms with Crippen molar-refractivity contribution in [1.82, 2.24) is 19.9 Å². The second kappa shape index (κ2) is 11.8. The number of hydrogen-bond donors (Lipinski definition) is 2. The molecule has 1 unspecified atom stereocenters. The van der Waals surface area contributed by atoms with E-state index in [1.165, 1.54) is 25.4 Å². The SMILES string of the molecule is CCN1CC(C)(C)Oc2nc(N3CCOCC3C)nc(-c3ccc(NC(=O)Nc4ccc(OC)cn4)c(F)c3)c2C1=O. The van der Waals surface area contributed by atoms with Gasteiger partial charge in [-0.1, -0.05) is 6.07 Å². The summed E-state index contributed by atoms with van der Waals surface area (Å²) in [5, 5.41) is 5.04. The van der Waals surface area contributed by atoms with Gasteiger partial charge < -0.3 is 29.3 Å². The van der Waals surface area contributed by atoms with Crippen molar-refractivity contribution in [3.63, 3.8) is 0 Å². The van der Waals surface area contributed by atoms with Gasteiger partial charge in [-0.25, -0.2) is 19.2 Å². The third-order valence-electron chi connectivity index (χ3n) is 7.02. The van der Waals surface area contributed by atoms with Crippen molar-refractivity contribution in [3.8, 4) is 22.9 Å². The summed E-state index contributed by atoms with van der Waals surface area (Å²) in [4.78, 5) is 43.5. The van der Waals surface area contributed by atoms with Gasteiger partial charge in [0, 0.05) is 18.7 Å². The highest BCUT2D eigenvalue weighted by atomic mass is 19.1. The minimum atomic E-state index is -0.721. The number of methoxy groups -OCH3 is 1. The minimum absolute atomic E-state index is 0.0201. The molecule has 1 saturated heterocycles. The van der Waals surface area contributed by atoms with Gasteiger partial charge >= 0.3 is 6.03 Å². The zero-order valence-corrected chi connectivity index (χ0v) is 24.2. The van der Waals surface area contributed by atoms with Crippen LogP contribution in [0, 0.1) is 5.82 Å². The number of urea groups is 1. The Balaban J connectivity index is 1.51. The number of carbonyl (C=O) groups is 2. The van der Waals surface area contributed by atoms with E-state index >= 15 is 4.39 Å². The second-order valence-corrected chi connectivity index (χ2v) is 10.7. The Bertz CT molecular complexity index is 1480. The summed E-state index contributed by atoms with van der Waals surface area (Å²) in [6, 6.07) is 6.75. The lowest BCUT2D eigenvalue weighted by Crippen LogP contribution is -2.44. The van der Waals surface area contributed by atoms with Gasteiger partial charge in [0.2, 0.25) is 11.8 Å². The van der Waals surface area contributed by atoms with E-state index in [-0.39, 0.29) is 40.6 Å². The summed E-state index contributed by atoms with van der Waals surface area (Å²) in [5.41, 5.74) is -0.0426. The Morgan fingerprint density at radius 2 is 2.02 bits per heavy atom. The first kappa shape index (κ1) is 29.0. The highest BCUT2D eigenvalue weighted by Gasteiger charge is 2.38. The fourth-order valence-corrected chi connectivity index (χ4v) is 4.90. The Morgan fingerprint density at radius 3 is 2.69 bits per heavy atom. The molecule has 2 aliphatic rings. The van der Waals surface area contributed by atoms with Crippen molar-refractivity contribution >= 4 is 29.4 Å². The summed E-state index contributed by atoms with van der Waals surface area (Å²) in [5.74, 6) is 0.291. The predicted octanol–water partition coefficient (Wildman–Crippen LogP) is 4.19. The Hall–Kier alpha value is -4.52. The third-order valence-corrected chi connectivity index (χ3v) is 7.02. The van der Waals surface area contributed by atoms with Crippen LogP contribution < -0.4 is 25.0 Å². The molecule has 42 heavy (non-hydrogen) atoms. The van der Waals surface area contributed by atoms with Crippen LogP contribution in [0.15, 0.2) is 36.5 Å². The van der Waals surface area contributed by atoms with Crippen molar-refractivity contribution in [1.29, 1.82) is 0 Å². The van der Waals surface area contributed by atoms with Crippen molar-refractivity contribution in [2.45, 2.75) is 39.3 Å². The number of nitrogens with zero attached hydrogens (tertiary/aromatic N) is 5. The average molecular weight is 580 g/mol. The van der Waals surface area contributed by atoms with E-state index in [4.69, 9.17) is 24.2 Å². The first-order chi connectivity index (χ1) is 20.1. The molecule has 2 aliphatic heterocycles. The molecular weight excluding hydrogens is 545 g/mol. The van der Waals surface area contributed by atoms with Crippen LogP contribution in [0.5, 0.6) is 11.6 Å². The largest absolute Gasteiger partial charge is 0.495 e.